The molecule has 1 N–H and O–H groups in total. The summed E-state index contributed by atoms with van der Waals surface area (Å²) in [5, 5.41) is 2.76. The molecule has 0 spiro atoms. The van der Waals surface area contributed by atoms with Gasteiger partial charge in [-0.3, -0.25) is 0 Å². The molecule has 0 bridgehead atoms. The Morgan fingerprint density at radius 2 is 1.72 bits per heavy atom. The Labute approximate surface area is 152 Å². The summed E-state index contributed by atoms with van der Waals surface area (Å²) in [6.45, 7) is 0.943. The third-order valence-corrected chi connectivity index (χ3v) is 6.61. The van der Waals surface area contributed by atoms with Crippen LogP contribution >= 0.6 is 11.6 Å². The first-order chi connectivity index (χ1) is 12.0. The average molecular weight is 379 g/mol. The molecular formula is C18H19ClN2O3S. The third-order valence-electron chi connectivity index (χ3n) is 4.25. The quantitative estimate of drug-likeness (QED) is 0.869. The molecule has 2 aromatic rings. The highest BCUT2D eigenvalue weighted by molar-refractivity contribution is 7.92. The maximum atomic E-state index is 12.5. The second kappa shape index (κ2) is 7.45. The number of rotatable bonds is 5. The van der Waals surface area contributed by atoms with Crippen LogP contribution in [0.4, 0.5) is 4.79 Å². The molecule has 1 aliphatic heterocycles. The molecule has 0 atom stereocenters. The lowest BCUT2D eigenvalue weighted by Gasteiger charge is -2.38. The Bertz CT molecular complexity index is 832. The van der Waals surface area contributed by atoms with Gasteiger partial charge in [0.05, 0.1) is 4.90 Å². The number of sulfone groups is 1. The van der Waals surface area contributed by atoms with Crippen molar-refractivity contribution in [1.29, 1.82) is 0 Å². The van der Waals surface area contributed by atoms with E-state index in [0.717, 1.165) is 12.0 Å². The van der Waals surface area contributed by atoms with E-state index < -0.39 is 15.1 Å². The minimum atomic E-state index is -3.43. The highest BCUT2D eigenvalue weighted by Crippen LogP contribution is 2.24. The minimum Gasteiger partial charge on any atom is -0.338 e. The van der Waals surface area contributed by atoms with E-state index >= 15 is 0 Å². The lowest BCUT2D eigenvalue weighted by Crippen LogP contribution is -2.59. The van der Waals surface area contributed by atoms with Gasteiger partial charge in [-0.15, -0.1) is 0 Å². The molecule has 5 nitrogen and oxygen atoms in total. The van der Waals surface area contributed by atoms with Crippen LogP contribution in [-0.4, -0.2) is 44.2 Å². The van der Waals surface area contributed by atoms with Crippen molar-refractivity contribution in [2.24, 2.45) is 0 Å². The largest absolute Gasteiger partial charge is 0.338 e. The second-order valence-electron chi connectivity index (χ2n) is 5.99. The van der Waals surface area contributed by atoms with Gasteiger partial charge in [0.25, 0.3) is 0 Å². The molecule has 0 aromatic heterocycles. The number of hydrogen-bond donors (Lipinski definition) is 1. The summed E-state index contributed by atoms with van der Waals surface area (Å²) in [4.78, 5) is 13.8. The van der Waals surface area contributed by atoms with Crippen LogP contribution in [0.3, 0.4) is 0 Å². The van der Waals surface area contributed by atoms with Gasteiger partial charge in [-0.1, -0.05) is 41.9 Å². The van der Waals surface area contributed by atoms with Gasteiger partial charge in [0.2, 0.25) is 0 Å². The zero-order chi connectivity index (χ0) is 17.9. The van der Waals surface area contributed by atoms with Crippen LogP contribution in [0.25, 0.3) is 0 Å². The molecule has 0 radical (unpaired) electrons. The monoisotopic (exact) mass is 378 g/mol. The fraction of sp³-hybridized carbons (Fsp3) is 0.278. The van der Waals surface area contributed by atoms with Crippen molar-refractivity contribution < 1.29 is 13.2 Å². The highest BCUT2D eigenvalue weighted by Gasteiger charge is 2.40. The van der Waals surface area contributed by atoms with Crippen LogP contribution in [0.15, 0.2) is 59.5 Å². The number of benzene rings is 2. The molecule has 25 heavy (non-hydrogen) atoms. The molecule has 0 saturated carbocycles. The first kappa shape index (κ1) is 17.8. The predicted octanol–water partition coefficient (Wildman–Crippen LogP) is 2.75. The number of amides is 2. The molecule has 132 valence electrons. The van der Waals surface area contributed by atoms with Gasteiger partial charge in [-0.25, -0.2) is 13.2 Å². The molecule has 2 amide bonds. The predicted molar refractivity (Wildman–Crippen MR) is 97.5 cm³/mol. The van der Waals surface area contributed by atoms with Gasteiger partial charge < -0.3 is 10.2 Å². The topological polar surface area (TPSA) is 66.5 Å². The van der Waals surface area contributed by atoms with Crippen molar-refractivity contribution in [3.05, 3.63) is 65.2 Å². The van der Waals surface area contributed by atoms with E-state index in [4.69, 9.17) is 11.6 Å². The molecular weight excluding hydrogens is 360 g/mol. The Morgan fingerprint density at radius 1 is 1.08 bits per heavy atom. The van der Waals surface area contributed by atoms with Crippen LogP contribution in [0.1, 0.15) is 5.56 Å². The average Bonchev–Trinajstić information content (AvgIpc) is 2.54. The number of likely N-dealkylation sites (tertiary alicyclic amines) is 1. The lowest BCUT2D eigenvalue weighted by molar-refractivity contribution is 0.169. The summed E-state index contributed by atoms with van der Waals surface area (Å²) in [5.74, 6) is 0. The molecule has 7 heteroatoms. The number of carbonyl (C=O) groups excluding carboxylic acids is 1. The van der Waals surface area contributed by atoms with Gasteiger partial charge in [-0.2, -0.15) is 0 Å². The molecule has 1 saturated heterocycles. The molecule has 1 heterocycles. The van der Waals surface area contributed by atoms with Crippen molar-refractivity contribution in [3.63, 3.8) is 0 Å². The number of halogens is 1. The van der Waals surface area contributed by atoms with E-state index in [1.165, 1.54) is 17.0 Å². The van der Waals surface area contributed by atoms with Gasteiger partial charge in [-0.05, 0) is 36.2 Å². The molecule has 0 unspecified atom stereocenters. The number of urea groups is 1. The zero-order valence-corrected chi connectivity index (χ0v) is 15.1. The Hall–Kier alpha value is -2.05. The van der Waals surface area contributed by atoms with Gasteiger partial charge >= 0.3 is 6.03 Å². The SMILES string of the molecule is O=C(NCCc1ccccc1)N1CC(S(=O)(=O)c2ccc(Cl)cc2)C1. The number of nitrogens with zero attached hydrogens (tertiary/aromatic N) is 1. The van der Waals surface area contributed by atoms with Crippen LogP contribution in [0, 0.1) is 0 Å². The summed E-state index contributed by atoms with van der Waals surface area (Å²) in [5.41, 5.74) is 1.15. The van der Waals surface area contributed by atoms with E-state index in [-0.39, 0.29) is 24.0 Å². The standard InChI is InChI=1S/C18H19ClN2O3S/c19-15-6-8-16(9-7-15)25(23,24)17-12-21(13-17)18(22)20-11-10-14-4-2-1-3-5-14/h1-9,17H,10-13H2,(H,20,22). The molecule has 2 aromatic carbocycles. The first-order valence-corrected chi connectivity index (χ1v) is 9.95. The maximum absolute atomic E-state index is 12.5. The molecule has 1 aliphatic rings. The van der Waals surface area contributed by atoms with Crippen molar-refractivity contribution in [3.8, 4) is 0 Å². The second-order valence-corrected chi connectivity index (χ2v) is 8.66. The first-order valence-electron chi connectivity index (χ1n) is 8.03. The summed E-state index contributed by atoms with van der Waals surface area (Å²) >= 11 is 5.79. The maximum Gasteiger partial charge on any atom is 0.317 e. The number of nitrogens with one attached hydrogen (secondary N) is 1. The van der Waals surface area contributed by atoms with E-state index in [9.17, 15) is 13.2 Å². The van der Waals surface area contributed by atoms with E-state index in [0.29, 0.717) is 11.6 Å². The van der Waals surface area contributed by atoms with Gasteiger partial charge in [0, 0.05) is 24.7 Å². The van der Waals surface area contributed by atoms with Crippen molar-refractivity contribution in [2.45, 2.75) is 16.6 Å². The molecule has 1 fully saturated rings. The smallest absolute Gasteiger partial charge is 0.317 e. The van der Waals surface area contributed by atoms with Crippen LogP contribution in [-0.2, 0) is 16.3 Å². The number of carbonyl (C=O) groups is 1. The van der Waals surface area contributed by atoms with Crippen molar-refractivity contribution in [2.75, 3.05) is 19.6 Å². The normalized spacial score (nSPS) is 14.8. The fourth-order valence-corrected chi connectivity index (χ4v) is 4.47. The Balaban J connectivity index is 1.48. The highest BCUT2D eigenvalue weighted by atomic mass is 35.5. The molecule has 0 aliphatic carbocycles. The van der Waals surface area contributed by atoms with E-state index in [1.54, 1.807) is 12.1 Å². The van der Waals surface area contributed by atoms with Crippen LogP contribution in [0.2, 0.25) is 5.02 Å². The van der Waals surface area contributed by atoms with Gasteiger partial charge in [0.15, 0.2) is 9.84 Å². The molecule has 3 rings (SSSR count). The van der Waals surface area contributed by atoms with Crippen LogP contribution < -0.4 is 5.32 Å². The van der Waals surface area contributed by atoms with E-state index in [1.807, 2.05) is 30.3 Å². The van der Waals surface area contributed by atoms with Gasteiger partial charge in [0.1, 0.15) is 5.25 Å². The Kier molecular flexibility index (Phi) is 5.30. The summed E-state index contributed by atoms with van der Waals surface area (Å²) in [7, 11) is -3.43. The zero-order valence-electron chi connectivity index (χ0n) is 13.6. The number of hydrogen-bond acceptors (Lipinski definition) is 3. The lowest BCUT2D eigenvalue weighted by atomic mass is 10.1. The van der Waals surface area contributed by atoms with Crippen molar-refractivity contribution >= 4 is 27.5 Å². The summed E-state index contributed by atoms with van der Waals surface area (Å²) in [6, 6.07) is 15.8. The fourth-order valence-electron chi connectivity index (χ4n) is 2.69. The Morgan fingerprint density at radius 3 is 2.36 bits per heavy atom. The van der Waals surface area contributed by atoms with Crippen molar-refractivity contribution in [1.82, 2.24) is 10.2 Å². The summed E-state index contributed by atoms with van der Waals surface area (Å²) in [6.07, 6.45) is 0.743. The van der Waals surface area contributed by atoms with E-state index in [2.05, 4.69) is 5.32 Å². The van der Waals surface area contributed by atoms with Crippen LogP contribution in [0.5, 0.6) is 0 Å². The summed E-state index contributed by atoms with van der Waals surface area (Å²) < 4.78 is 25.0. The minimum absolute atomic E-state index is 0.210. The third kappa shape index (κ3) is 4.14.